The first kappa shape index (κ1) is 16.3. The Morgan fingerprint density at radius 3 is 2.06 bits per heavy atom. The SMILES string of the molecule is CCc1ccc[cH-]1.Cc1c[c-](C)c(C)c1C.[Ru+2]. The van der Waals surface area contributed by atoms with Gasteiger partial charge in [0.15, 0.2) is 0 Å². The van der Waals surface area contributed by atoms with E-state index in [0.717, 1.165) is 6.42 Å². The summed E-state index contributed by atoms with van der Waals surface area (Å²) in [5, 5.41) is 0. The van der Waals surface area contributed by atoms with E-state index in [9.17, 15) is 0 Å². The van der Waals surface area contributed by atoms with Gasteiger partial charge in [-0.05, 0) is 0 Å². The maximum Gasteiger partial charge on any atom is 2.00 e. The van der Waals surface area contributed by atoms with Gasteiger partial charge in [0, 0.05) is 0 Å². The van der Waals surface area contributed by atoms with E-state index in [1.54, 1.807) is 0 Å². The Hall–Kier alpha value is -0.677. The smallest absolute Gasteiger partial charge is 0.213 e. The Kier molecular flexibility index (Phi) is 7.31. The molecule has 0 spiro atoms. The molecule has 0 heterocycles. The van der Waals surface area contributed by atoms with Gasteiger partial charge in [0.1, 0.15) is 0 Å². The summed E-state index contributed by atoms with van der Waals surface area (Å²) in [4.78, 5) is 0. The van der Waals surface area contributed by atoms with Crippen molar-refractivity contribution in [2.75, 3.05) is 0 Å². The summed E-state index contributed by atoms with van der Waals surface area (Å²) < 4.78 is 0. The molecule has 0 saturated carbocycles. The maximum absolute atomic E-state index is 2.24. The zero-order chi connectivity index (χ0) is 12.1. The number of hydrogen-bond acceptors (Lipinski definition) is 0. The summed E-state index contributed by atoms with van der Waals surface area (Å²) in [6.07, 6.45) is 1.16. The molecule has 0 aromatic heterocycles. The molecule has 0 bridgehead atoms. The van der Waals surface area contributed by atoms with Crippen LogP contribution in [0.15, 0.2) is 30.3 Å². The number of rotatable bonds is 1. The fourth-order valence-electron chi connectivity index (χ4n) is 1.78. The maximum atomic E-state index is 2.24. The first-order chi connectivity index (χ1) is 7.56. The van der Waals surface area contributed by atoms with Crippen LogP contribution in [-0.4, -0.2) is 0 Å². The minimum Gasteiger partial charge on any atom is -0.213 e. The molecule has 1 heteroatoms. The molecule has 0 nitrogen and oxygen atoms in total. The molecule has 0 aliphatic carbocycles. The molecule has 94 valence electrons. The Balaban J connectivity index is 0.000000292. The van der Waals surface area contributed by atoms with Crippen LogP contribution in [0.5, 0.6) is 0 Å². The van der Waals surface area contributed by atoms with E-state index in [1.165, 1.54) is 27.8 Å². The molecular weight excluding hydrogens is 293 g/mol. The Bertz CT molecular complexity index is 396. The van der Waals surface area contributed by atoms with Gasteiger partial charge in [-0.25, -0.2) is 12.1 Å². The Labute approximate surface area is 119 Å². The molecule has 0 saturated heterocycles. The van der Waals surface area contributed by atoms with E-state index in [0.29, 0.717) is 0 Å². The molecule has 0 N–H and O–H groups in total. The van der Waals surface area contributed by atoms with Gasteiger partial charge >= 0.3 is 19.5 Å². The zero-order valence-electron chi connectivity index (χ0n) is 11.4. The molecule has 0 amide bonds. The van der Waals surface area contributed by atoms with Gasteiger partial charge in [0.2, 0.25) is 0 Å². The van der Waals surface area contributed by atoms with Crippen LogP contribution in [0.2, 0.25) is 0 Å². The number of hydrogen-bond donors (Lipinski definition) is 0. The van der Waals surface area contributed by atoms with Crippen LogP contribution in [-0.2, 0) is 25.9 Å². The molecule has 0 aliphatic heterocycles. The second-order valence-corrected chi connectivity index (χ2v) is 4.41. The third-order valence-electron chi connectivity index (χ3n) is 3.32. The first-order valence-corrected chi connectivity index (χ1v) is 5.97. The van der Waals surface area contributed by atoms with Crippen molar-refractivity contribution in [3.05, 3.63) is 58.1 Å². The van der Waals surface area contributed by atoms with Crippen molar-refractivity contribution in [1.82, 2.24) is 0 Å². The van der Waals surface area contributed by atoms with Crippen LogP contribution in [0, 0.1) is 27.7 Å². The fraction of sp³-hybridized carbons (Fsp3) is 0.375. The minimum atomic E-state index is 0. The second kappa shape index (κ2) is 7.61. The molecule has 17 heavy (non-hydrogen) atoms. The fourth-order valence-corrected chi connectivity index (χ4v) is 1.78. The monoisotopic (exact) mass is 316 g/mol. The van der Waals surface area contributed by atoms with Crippen LogP contribution in [0.1, 0.15) is 34.7 Å². The quantitative estimate of drug-likeness (QED) is 0.533. The molecule has 0 atom stereocenters. The van der Waals surface area contributed by atoms with Gasteiger partial charge in [0.05, 0.1) is 0 Å². The molecular formula is C16H22Ru. The normalized spacial score (nSPS) is 9.24. The molecule has 2 rings (SSSR count). The predicted molar refractivity (Wildman–Crippen MR) is 72.4 cm³/mol. The summed E-state index contributed by atoms with van der Waals surface area (Å²) in [6.45, 7) is 10.8. The topological polar surface area (TPSA) is 0 Å². The molecule has 0 fully saturated rings. The molecule has 0 radical (unpaired) electrons. The van der Waals surface area contributed by atoms with Crippen molar-refractivity contribution in [3.8, 4) is 0 Å². The van der Waals surface area contributed by atoms with Gasteiger partial charge in [-0.3, -0.25) is 0 Å². The van der Waals surface area contributed by atoms with Crippen molar-refractivity contribution < 1.29 is 19.5 Å². The van der Waals surface area contributed by atoms with Gasteiger partial charge in [-0.1, -0.05) is 41.0 Å². The molecule has 0 unspecified atom stereocenters. The predicted octanol–water partition coefficient (Wildman–Crippen LogP) is 4.60. The largest absolute Gasteiger partial charge is 2.00 e. The van der Waals surface area contributed by atoms with Crippen LogP contribution < -0.4 is 0 Å². The average Bonchev–Trinajstić information content (AvgIpc) is 2.86. The van der Waals surface area contributed by atoms with Crippen LogP contribution in [0.3, 0.4) is 0 Å². The van der Waals surface area contributed by atoms with Gasteiger partial charge in [-0.2, -0.15) is 46.0 Å². The minimum absolute atomic E-state index is 0. The van der Waals surface area contributed by atoms with E-state index in [1.807, 2.05) is 0 Å². The van der Waals surface area contributed by atoms with E-state index < -0.39 is 0 Å². The van der Waals surface area contributed by atoms with E-state index in [4.69, 9.17) is 0 Å². The van der Waals surface area contributed by atoms with Crippen molar-refractivity contribution in [3.63, 3.8) is 0 Å². The van der Waals surface area contributed by atoms with Crippen molar-refractivity contribution in [1.29, 1.82) is 0 Å². The molecule has 2 aromatic carbocycles. The van der Waals surface area contributed by atoms with E-state index in [2.05, 4.69) is 65.0 Å². The average molecular weight is 315 g/mol. The van der Waals surface area contributed by atoms with Gasteiger partial charge in [0.25, 0.3) is 0 Å². The molecule has 2 aromatic rings. The number of aryl methyl sites for hydroxylation is 3. The van der Waals surface area contributed by atoms with Crippen molar-refractivity contribution >= 4 is 0 Å². The Morgan fingerprint density at radius 1 is 1.24 bits per heavy atom. The second-order valence-electron chi connectivity index (χ2n) is 4.41. The van der Waals surface area contributed by atoms with Crippen LogP contribution >= 0.6 is 0 Å². The summed E-state index contributed by atoms with van der Waals surface area (Å²) in [7, 11) is 0. The zero-order valence-corrected chi connectivity index (χ0v) is 13.2. The Morgan fingerprint density at radius 2 is 1.88 bits per heavy atom. The van der Waals surface area contributed by atoms with Gasteiger partial charge < -0.3 is 0 Å². The van der Waals surface area contributed by atoms with Crippen molar-refractivity contribution in [2.45, 2.75) is 41.0 Å². The summed E-state index contributed by atoms with van der Waals surface area (Å²) in [5.41, 5.74) is 7.18. The first-order valence-electron chi connectivity index (χ1n) is 5.97. The summed E-state index contributed by atoms with van der Waals surface area (Å²) in [5.74, 6) is 0. The summed E-state index contributed by atoms with van der Waals surface area (Å²) >= 11 is 0. The van der Waals surface area contributed by atoms with E-state index in [-0.39, 0.29) is 19.5 Å². The van der Waals surface area contributed by atoms with Crippen molar-refractivity contribution in [2.24, 2.45) is 0 Å². The standard InChI is InChI=1S/C9H13.C7H9.Ru/c1-6-5-7(2)9(4)8(6)3;1-2-7-5-3-4-6-7;/h5H,1-4H3;3-6H,2H2,1H3;/q2*-1;+2. The van der Waals surface area contributed by atoms with Crippen LogP contribution in [0.4, 0.5) is 0 Å². The summed E-state index contributed by atoms with van der Waals surface area (Å²) in [6, 6.07) is 10.7. The molecule has 0 aliphatic rings. The van der Waals surface area contributed by atoms with E-state index >= 15 is 0 Å². The third kappa shape index (κ3) is 4.60. The van der Waals surface area contributed by atoms with Gasteiger partial charge in [-0.15, -0.1) is 0 Å². The van der Waals surface area contributed by atoms with Crippen LogP contribution in [0.25, 0.3) is 0 Å². The third-order valence-corrected chi connectivity index (χ3v) is 3.32.